The molecule has 0 saturated heterocycles. The van der Waals surface area contributed by atoms with E-state index in [1.54, 1.807) is 0 Å². The molecule has 37 heavy (non-hydrogen) atoms. The molecule has 0 radical (unpaired) electrons. The van der Waals surface area contributed by atoms with Crippen molar-refractivity contribution >= 4 is 17.3 Å². The number of hydrogen-bond donors (Lipinski definition) is 1. The highest BCUT2D eigenvalue weighted by molar-refractivity contribution is 6.03. The number of fused-ring (bicyclic) bond motifs is 7. The summed E-state index contributed by atoms with van der Waals surface area (Å²) in [6.45, 7) is 23.1. The van der Waals surface area contributed by atoms with Gasteiger partial charge in [0.2, 0.25) is 5.70 Å². The fourth-order valence-electron chi connectivity index (χ4n) is 10.3. The summed E-state index contributed by atoms with van der Waals surface area (Å²) in [5.74, 6) is 0.0229. The van der Waals surface area contributed by atoms with E-state index in [2.05, 4.69) is 39.5 Å². The Morgan fingerprint density at radius 2 is 1.68 bits per heavy atom. The van der Waals surface area contributed by atoms with Gasteiger partial charge in [-0.15, -0.1) is 0 Å². The van der Waals surface area contributed by atoms with E-state index in [1.807, 2.05) is 26.0 Å². The van der Waals surface area contributed by atoms with Gasteiger partial charge in [0.1, 0.15) is 0 Å². The number of ketones is 3. The van der Waals surface area contributed by atoms with Gasteiger partial charge < -0.3 is 10.5 Å². The van der Waals surface area contributed by atoms with E-state index in [4.69, 9.17) is 12.3 Å². The molecule has 5 nitrogen and oxygen atoms in total. The van der Waals surface area contributed by atoms with Gasteiger partial charge >= 0.3 is 0 Å². The van der Waals surface area contributed by atoms with Gasteiger partial charge in [-0.3, -0.25) is 9.59 Å². The normalized spacial score (nSPS) is 45.8. The molecule has 3 saturated carbocycles. The highest BCUT2D eigenvalue weighted by Gasteiger charge is 2.70. The van der Waals surface area contributed by atoms with E-state index in [-0.39, 0.29) is 63.6 Å². The van der Waals surface area contributed by atoms with Gasteiger partial charge in [0.25, 0.3) is 0 Å². The van der Waals surface area contributed by atoms with Crippen molar-refractivity contribution in [1.29, 1.82) is 0 Å². The zero-order valence-electron chi connectivity index (χ0n) is 23.8. The molecule has 5 aliphatic rings. The van der Waals surface area contributed by atoms with Crippen LogP contribution in [0.15, 0.2) is 23.4 Å². The van der Waals surface area contributed by atoms with E-state index in [1.165, 1.54) is 0 Å². The van der Waals surface area contributed by atoms with E-state index in [0.29, 0.717) is 0 Å². The van der Waals surface area contributed by atoms with Crippen molar-refractivity contribution in [3.8, 4) is 0 Å². The average Bonchev–Trinajstić information content (AvgIpc) is 2.82. The standard InChI is InChI=1S/C32H44N2O3/c1-27(2)11-13-32(24(36)18-33)14-12-31(7)25(19(32)16-27)21(35)15-23-29(5)17-20(34-8)26(37)28(3,4)22(29)9-10-30(23,31)6/h15,17,19,22,25H,9-14,16,18,33H2,1-7H3/t19-,22-,25-,29-,30+,31+,32?/m0/s1. The lowest BCUT2D eigenvalue weighted by Crippen LogP contribution is -2.66. The third-order valence-corrected chi connectivity index (χ3v) is 12.6. The lowest BCUT2D eigenvalue weighted by Gasteiger charge is -2.69. The Bertz CT molecular complexity index is 1200. The number of allylic oxidation sites excluding steroid dienone is 4. The molecular weight excluding hydrogens is 460 g/mol. The van der Waals surface area contributed by atoms with Crippen molar-refractivity contribution in [3.05, 3.63) is 34.8 Å². The Hall–Kier alpha value is -2.06. The van der Waals surface area contributed by atoms with E-state index >= 15 is 0 Å². The molecule has 0 aromatic rings. The van der Waals surface area contributed by atoms with Crippen molar-refractivity contribution in [2.45, 2.75) is 93.4 Å². The summed E-state index contributed by atoms with van der Waals surface area (Å²) in [7, 11) is 0. The highest BCUT2D eigenvalue weighted by Crippen LogP contribution is 2.74. The number of carbonyl (C=O) groups excluding carboxylic acids is 3. The molecule has 2 N–H and O–H groups in total. The fraction of sp³-hybridized carbons (Fsp3) is 0.750. The summed E-state index contributed by atoms with van der Waals surface area (Å²) in [5.41, 5.74) is 5.15. The van der Waals surface area contributed by atoms with Crippen LogP contribution in [0, 0.1) is 56.8 Å². The van der Waals surface area contributed by atoms with Crippen LogP contribution in [0.1, 0.15) is 93.4 Å². The number of hydrogen-bond acceptors (Lipinski definition) is 4. The molecule has 0 aromatic heterocycles. The van der Waals surface area contributed by atoms with Gasteiger partial charge in [-0.05, 0) is 79.1 Å². The number of nitrogens with two attached hydrogens (primary N) is 1. The predicted octanol–water partition coefficient (Wildman–Crippen LogP) is 6.09. The summed E-state index contributed by atoms with van der Waals surface area (Å²) in [6.07, 6.45) is 9.88. The van der Waals surface area contributed by atoms with Crippen LogP contribution in [0.4, 0.5) is 0 Å². The SMILES string of the molecule is [C-]#[N+]C1=C[C@]2(C)C3=CC(=O)[C@@H]4[C@@H]5CC(C)(C)CCC5(C(=O)CN)CC[C@@]4(C)[C@]3(C)CC[C@H]2C(C)(C)C1=O. The summed E-state index contributed by atoms with van der Waals surface area (Å²) >= 11 is 0. The van der Waals surface area contributed by atoms with Crippen molar-refractivity contribution < 1.29 is 14.4 Å². The second-order valence-electron chi connectivity index (χ2n) is 15.0. The minimum absolute atomic E-state index is 0.00239. The van der Waals surface area contributed by atoms with Crippen LogP contribution in [0.3, 0.4) is 0 Å². The minimum atomic E-state index is -0.658. The van der Waals surface area contributed by atoms with Crippen LogP contribution >= 0.6 is 0 Å². The molecule has 5 rings (SSSR count). The summed E-state index contributed by atoms with van der Waals surface area (Å²) in [5, 5.41) is 0. The highest BCUT2D eigenvalue weighted by atomic mass is 16.1. The van der Waals surface area contributed by atoms with Gasteiger partial charge in [0.05, 0.1) is 13.1 Å². The van der Waals surface area contributed by atoms with Gasteiger partial charge in [-0.25, -0.2) is 4.85 Å². The molecule has 3 fully saturated rings. The quantitative estimate of drug-likeness (QED) is 0.462. The first kappa shape index (κ1) is 26.5. The zero-order valence-corrected chi connectivity index (χ0v) is 23.8. The van der Waals surface area contributed by atoms with Crippen molar-refractivity contribution in [2.75, 3.05) is 6.54 Å². The zero-order chi connectivity index (χ0) is 27.4. The van der Waals surface area contributed by atoms with E-state index in [9.17, 15) is 14.4 Å². The third kappa shape index (κ3) is 3.14. The van der Waals surface area contributed by atoms with E-state index < -0.39 is 16.2 Å². The van der Waals surface area contributed by atoms with Crippen molar-refractivity contribution in [3.63, 3.8) is 0 Å². The van der Waals surface area contributed by atoms with Crippen molar-refractivity contribution in [2.24, 2.45) is 56.0 Å². The Morgan fingerprint density at radius 1 is 1.03 bits per heavy atom. The van der Waals surface area contributed by atoms with Gasteiger partial charge in [0, 0.05) is 22.2 Å². The van der Waals surface area contributed by atoms with E-state index in [0.717, 1.165) is 50.5 Å². The van der Waals surface area contributed by atoms with Crippen molar-refractivity contribution in [1.82, 2.24) is 0 Å². The van der Waals surface area contributed by atoms with Crippen LogP contribution in [0.5, 0.6) is 0 Å². The van der Waals surface area contributed by atoms with Gasteiger partial charge in [-0.1, -0.05) is 60.1 Å². The van der Waals surface area contributed by atoms with Crippen LogP contribution in [-0.2, 0) is 14.4 Å². The Labute approximate surface area is 222 Å². The second kappa shape index (κ2) is 7.75. The maximum atomic E-state index is 14.4. The Morgan fingerprint density at radius 3 is 2.30 bits per heavy atom. The molecule has 0 spiro atoms. The number of nitrogens with zero attached hydrogens (tertiary/aromatic N) is 1. The lowest BCUT2D eigenvalue weighted by atomic mass is 9.34. The number of carbonyl (C=O) groups is 3. The third-order valence-electron chi connectivity index (χ3n) is 12.6. The molecule has 5 heteroatoms. The largest absolute Gasteiger partial charge is 0.324 e. The Balaban J connectivity index is 1.71. The fourth-order valence-corrected chi connectivity index (χ4v) is 10.3. The number of rotatable bonds is 2. The molecular formula is C32H44N2O3. The maximum absolute atomic E-state index is 14.4. The maximum Gasteiger partial charge on any atom is 0.226 e. The smallest absolute Gasteiger partial charge is 0.226 e. The molecule has 0 aromatic carbocycles. The lowest BCUT2D eigenvalue weighted by molar-refractivity contribution is -0.176. The molecule has 200 valence electrons. The Kier molecular flexibility index (Phi) is 5.56. The molecule has 5 aliphatic carbocycles. The molecule has 7 atom stereocenters. The molecule has 1 unspecified atom stereocenters. The molecule has 0 aliphatic heterocycles. The first-order valence-corrected chi connectivity index (χ1v) is 14.2. The minimum Gasteiger partial charge on any atom is -0.324 e. The predicted molar refractivity (Wildman–Crippen MR) is 144 cm³/mol. The number of Topliss-reactive ketones (excluding diaryl/α,β-unsaturated/α-hetero) is 2. The molecule has 0 bridgehead atoms. The average molecular weight is 505 g/mol. The molecule has 0 amide bonds. The first-order chi connectivity index (χ1) is 17.0. The topological polar surface area (TPSA) is 81.6 Å². The first-order valence-electron chi connectivity index (χ1n) is 14.2. The van der Waals surface area contributed by atoms with Crippen LogP contribution in [0.25, 0.3) is 4.85 Å². The summed E-state index contributed by atoms with van der Waals surface area (Å²) in [6, 6.07) is 0. The monoisotopic (exact) mass is 504 g/mol. The summed E-state index contributed by atoms with van der Waals surface area (Å²) in [4.78, 5) is 44.7. The van der Waals surface area contributed by atoms with Crippen LogP contribution in [0.2, 0.25) is 0 Å². The van der Waals surface area contributed by atoms with Gasteiger partial charge in [-0.2, -0.15) is 0 Å². The second-order valence-corrected chi connectivity index (χ2v) is 15.0. The van der Waals surface area contributed by atoms with Crippen LogP contribution < -0.4 is 5.73 Å². The summed E-state index contributed by atoms with van der Waals surface area (Å²) < 4.78 is 0. The van der Waals surface area contributed by atoms with Crippen LogP contribution in [-0.4, -0.2) is 23.9 Å². The van der Waals surface area contributed by atoms with Gasteiger partial charge in [0.15, 0.2) is 17.3 Å². The molecule has 0 heterocycles.